The molecule has 3 aromatic rings. The molecule has 0 bridgehead atoms. The summed E-state index contributed by atoms with van der Waals surface area (Å²) in [5.41, 5.74) is 5.94. The van der Waals surface area contributed by atoms with Gasteiger partial charge in [-0.2, -0.15) is 5.10 Å². The predicted molar refractivity (Wildman–Crippen MR) is 117 cm³/mol. The van der Waals surface area contributed by atoms with E-state index in [1.165, 1.54) is 10.2 Å². The Kier molecular flexibility index (Phi) is 6.35. The number of benzene rings is 2. The van der Waals surface area contributed by atoms with Crippen molar-refractivity contribution in [3.8, 4) is 16.9 Å². The van der Waals surface area contributed by atoms with Crippen molar-refractivity contribution in [2.45, 2.75) is 40.2 Å². The second-order valence-electron chi connectivity index (χ2n) is 6.86. The van der Waals surface area contributed by atoms with E-state index in [9.17, 15) is 4.79 Å². The number of rotatable bonds is 6. The average Bonchev–Trinajstić information content (AvgIpc) is 2.70. The van der Waals surface area contributed by atoms with Crippen molar-refractivity contribution in [3.63, 3.8) is 0 Å². The summed E-state index contributed by atoms with van der Waals surface area (Å²) in [6.07, 6.45) is 1.68. The zero-order valence-corrected chi connectivity index (χ0v) is 18.3. The van der Waals surface area contributed by atoms with Gasteiger partial charge < -0.3 is 4.74 Å². The Morgan fingerprint density at radius 1 is 1.04 bits per heavy atom. The molecule has 2 aromatic carbocycles. The first-order chi connectivity index (χ1) is 13.5. The standard InChI is InChI=1S/C23H25BrN2O2/c1-5-17-12-15(3)13-18(6-2)19(17)20-21(22(24)25-26(4)23(20)27)28-14-16-10-8-7-9-11-16/h7-13H,5-6,14H2,1-4H3. The fraction of sp³-hybridized carbons (Fsp3) is 0.304. The van der Waals surface area contributed by atoms with Crippen LogP contribution in [0.5, 0.6) is 5.75 Å². The van der Waals surface area contributed by atoms with E-state index in [0.717, 1.165) is 35.1 Å². The van der Waals surface area contributed by atoms with E-state index >= 15 is 0 Å². The Morgan fingerprint density at radius 2 is 1.64 bits per heavy atom. The van der Waals surface area contributed by atoms with E-state index in [0.29, 0.717) is 22.5 Å². The van der Waals surface area contributed by atoms with E-state index < -0.39 is 0 Å². The van der Waals surface area contributed by atoms with Crippen LogP contribution >= 0.6 is 15.9 Å². The zero-order chi connectivity index (χ0) is 20.3. The van der Waals surface area contributed by atoms with Crippen LogP contribution in [0.1, 0.15) is 36.1 Å². The fourth-order valence-electron chi connectivity index (χ4n) is 3.49. The van der Waals surface area contributed by atoms with Crippen molar-refractivity contribution in [1.29, 1.82) is 0 Å². The molecule has 4 nitrogen and oxygen atoms in total. The van der Waals surface area contributed by atoms with Crippen LogP contribution in [0, 0.1) is 6.92 Å². The van der Waals surface area contributed by atoms with Crippen LogP contribution in [0.25, 0.3) is 11.1 Å². The van der Waals surface area contributed by atoms with E-state index in [1.807, 2.05) is 30.3 Å². The third kappa shape index (κ3) is 4.04. The van der Waals surface area contributed by atoms with Gasteiger partial charge >= 0.3 is 0 Å². The maximum Gasteiger partial charge on any atom is 0.278 e. The Morgan fingerprint density at radius 3 is 2.21 bits per heavy atom. The normalized spacial score (nSPS) is 10.9. The van der Waals surface area contributed by atoms with Crippen LogP contribution < -0.4 is 10.3 Å². The number of ether oxygens (including phenoxy) is 1. The lowest BCUT2D eigenvalue weighted by molar-refractivity contribution is 0.301. The lowest BCUT2D eigenvalue weighted by Gasteiger charge is -2.19. The van der Waals surface area contributed by atoms with E-state index in [-0.39, 0.29) is 5.56 Å². The van der Waals surface area contributed by atoms with Crippen LogP contribution in [0.2, 0.25) is 0 Å². The molecule has 0 N–H and O–H groups in total. The van der Waals surface area contributed by atoms with Gasteiger partial charge in [-0.25, -0.2) is 4.68 Å². The predicted octanol–water partition coefficient (Wildman–Crippen LogP) is 5.22. The summed E-state index contributed by atoms with van der Waals surface area (Å²) >= 11 is 3.51. The molecule has 0 saturated heterocycles. The molecule has 1 heterocycles. The van der Waals surface area contributed by atoms with Gasteiger partial charge in [0.1, 0.15) is 6.61 Å². The van der Waals surface area contributed by atoms with Crippen molar-refractivity contribution in [1.82, 2.24) is 9.78 Å². The summed E-state index contributed by atoms with van der Waals surface area (Å²) in [7, 11) is 1.67. The molecule has 5 heteroatoms. The van der Waals surface area contributed by atoms with Gasteiger partial charge in [0, 0.05) is 7.05 Å². The van der Waals surface area contributed by atoms with Crippen molar-refractivity contribution in [2.24, 2.45) is 7.05 Å². The number of halogens is 1. The van der Waals surface area contributed by atoms with Gasteiger partial charge in [0.05, 0.1) is 5.56 Å². The molecule has 146 valence electrons. The molecule has 0 amide bonds. The Labute approximate surface area is 174 Å². The highest BCUT2D eigenvalue weighted by atomic mass is 79.9. The van der Waals surface area contributed by atoms with Gasteiger partial charge in [-0.1, -0.05) is 61.9 Å². The lowest BCUT2D eigenvalue weighted by atomic mass is 9.90. The third-order valence-corrected chi connectivity index (χ3v) is 5.36. The lowest BCUT2D eigenvalue weighted by Crippen LogP contribution is -2.24. The molecule has 28 heavy (non-hydrogen) atoms. The average molecular weight is 441 g/mol. The minimum absolute atomic E-state index is 0.153. The van der Waals surface area contributed by atoms with E-state index in [4.69, 9.17) is 4.74 Å². The van der Waals surface area contributed by atoms with Crippen molar-refractivity contribution in [2.75, 3.05) is 0 Å². The Bertz CT molecular complexity index is 1020. The summed E-state index contributed by atoms with van der Waals surface area (Å²) in [5, 5.41) is 4.30. The van der Waals surface area contributed by atoms with Crippen molar-refractivity contribution < 1.29 is 4.74 Å². The maximum absolute atomic E-state index is 13.2. The largest absolute Gasteiger partial charge is 0.485 e. The van der Waals surface area contributed by atoms with Crippen LogP contribution in [0.3, 0.4) is 0 Å². The molecule has 0 aliphatic heterocycles. The fourth-order valence-corrected chi connectivity index (χ4v) is 4.04. The SMILES string of the molecule is CCc1cc(C)cc(CC)c1-c1c(OCc2ccccc2)c(Br)nn(C)c1=O. The number of aryl methyl sites for hydroxylation is 4. The number of hydrogen-bond acceptors (Lipinski definition) is 3. The maximum atomic E-state index is 13.2. The second-order valence-corrected chi connectivity index (χ2v) is 7.61. The summed E-state index contributed by atoms with van der Waals surface area (Å²) in [5.74, 6) is 0.500. The van der Waals surface area contributed by atoms with Crippen LogP contribution in [-0.2, 0) is 26.5 Å². The first-order valence-electron chi connectivity index (χ1n) is 9.52. The number of aromatic nitrogens is 2. The van der Waals surface area contributed by atoms with Gasteiger partial charge in [0.25, 0.3) is 5.56 Å². The highest BCUT2D eigenvalue weighted by molar-refractivity contribution is 9.10. The third-order valence-electron chi connectivity index (χ3n) is 4.84. The van der Waals surface area contributed by atoms with E-state index in [2.05, 4.69) is 53.9 Å². The molecular weight excluding hydrogens is 416 g/mol. The number of nitrogens with zero attached hydrogens (tertiary/aromatic N) is 2. The molecule has 0 fully saturated rings. The quantitative estimate of drug-likeness (QED) is 0.527. The van der Waals surface area contributed by atoms with E-state index in [1.54, 1.807) is 7.05 Å². The van der Waals surface area contributed by atoms with Gasteiger partial charge in [-0.15, -0.1) is 0 Å². The monoisotopic (exact) mass is 440 g/mol. The van der Waals surface area contributed by atoms with Crippen LogP contribution in [0.4, 0.5) is 0 Å². The summed E-state index contributed by atoms with van der Waals surface area (Å²) in [6.45, 7) is 6.69. The van der Waals surface area contributed by atoms with Gasteiger partial charge in [0.15, 0.2) is 10.4 Å². The molecular formula is C23H25BrN2O2. The molecule has 0 atom stereocenters. The van der Waals surface area contributed by atoms with Gasteiger partial charge in [0.2, 0.25) is 0 Å². The molecule has 1 aromatic heterocycles. The van der Waals surface area contributed by atoms with Crippen molar-refractivity contribution >= 4 is 15.9 Å². The first-order valence-corrected chi connectivity index (χ1v) is 10.3. The second kappa shape index (κ2) is 8.74. The van der Waals surface area contributed by atoms with Gasteiger partial charge in [-0.05, 0) is 57.9 Å². The number of hydrogen-bond donors (Lipinski definition) is 0. The highest BCUT2D eigenvalue weighted by Crippen LogP contribution is 2.37. The summed E-state index contributed by atoms with van der Waals surface area (Å²) < 4.78 is 8.05. The smallest absolute Gasteiger partial charge is 0.278 e. The molecule has 0 aliphatic rings. The molecule has 0 radical (unpaired) electrons. The molecule has 0 saturated carbocycles. The first kappa shape index (κ1) is 20.3. The molecule has 0 spiro atoms. The molecule has 0 unspecified atom stereocenters. The van der Waals surface area contributed by atoms with Crippen molar-refractivity contribution in [3.05, 3.63) is 79.7 Å². The minimum atomic E-state index is -0.153. The summed E-state index contributed by atoms with van der Waals surface area (Å²) in [4.78, 5) is 13.2. The Hall–Kier alpha value is -2.40. The Balaban J connectivity index is 2.22. The zero-order valence-electron chi connectivity index (χ0n) is 16.8. The minimum Gasteiger partial charge on any atom is -0.485 e. The molecule has 0 aliphatic carbocycles. The summed E-state index contributed by atoms with van der Waals surface area (Å²) in [6, 6.07) is 14.2. The molecule has 3 rings (SSSR count). The topological polar surface area (TPSA) is 44.1 Å². The highest BCUT2D eigenvalue weighted by Gasteiger charge is 2.23. The van der Waals surface area contributed by atoms with Crippen LogP contribution in [-0.4, -0.2) is 9.78 Å². The van der Waals surface area contributed by atoms with Gasteiger partial charge in [-0.3, -0.25) is 4.79 Å². The van der Waals surface area contributed by atoms with Crippen LogP contribution in [0.15, 0.2) is 51.9 Å².